The molecule has 0 aliphatic rings. The maximum absolute atomic E-state index is 11.4. The summed E-state index contributed by atoms with van der Waals surface area (Å²) in [5, 5.41) is 9.91. The topological polar surface area (TPSA) is 59.8 Å². The lowest BCUT2D eigenvalue weighted by atomic mass is 10.1. The van der Waals surface area contributed by atoms with Crippen LogP contribution >= 0.6 is 0 Å². The van der Waals surface area contributed by atoms with Gasteiger partial charge < -0.3 is 5.32 Å². The zero-order chi connectivity index (χ0) is 11.2. The molecule has 2 aromatic rings. The number of rotatable bonds is 3. The molecule has 0 spiro atoms. The van der Waals surface area contributed by atoms with Gasteiger partial charge in [0.25, 0.3) is 0 Å². The predicted molar refractivity (Wildman–Crippen MR) is 59.0 cm³/mol. The molecule has 16 heavy (non-hydrogen) atoms. The first-order valence-corrected chi connectivity index (χ1v) is 5.05. The fourth-order valence-corrected chi connectivity index (χ4v) is 1.36. The van der Waals surface area contributed by atoms with Gasteiger partial charge in [-0.05, 0) is 12.0 Å². The van der Waals surface area contributed by atoms with E-state index >= 15 is 0 Å². The Labute approximate surface area is 93.1 Å². The second-order valence-corrected chi connectivity index (χ2v) is 3.32. The third-order valence-corrected chi connectivity index (χ3v) is 2.16. The molecule has 0 fully saturated rings. The van der Waals surface area contributed by atoms with Crippen LogP contribution in [0.4, 0.5) is 4.79 Å². The van der Waals surface area contributed by atoms with E-state index < -0.39 is 0 Å². The second-order valence-electron chi connectivity index (χ2n) is 3.32. The van der Waals surface area contributed by atoms with Crippen LogP contribution in [-0.4, -0.2) is 27.6 Å². The van der Waals surface area contributed by atoms with Gasteiger partial charge in [-0.2, -0.15) is 4.68 Å². The zero-order valence-electron chi connectivity index (χ0n) is 8.71. The number of amides is 1. The zero-order valence-corrected chi connectivity index (χ0v) is 8.71. The minimum absolute atomic E-state index is 0.256. The first-order chi connectivity index (χ1) is 7.86. The van der Waals surface area contributed by atoms with E-state index in [4.69, 9.17) is 0 Å². The molecule has 1 aromatic heterocycles. The number of carbonyl (C=O) groups is 1. The molecule has 0 saturated carbocycles. The van der Waals surface area contributed by atoms with E-state index in [2.05, 4.69) is 15.6 Å². The minimum atomic E-state index is -0.256. The number of benzene rings is 1. The largest absolute Gasteiger partial charge is 0.343 e. The van der Waals surface area contributed by atoms with Crippen molar-refractivity contribution < 1.29 is 4.79 Å². The van der Waals surface area contributed by atoms with Crippen LogP contribution in [0.3, 0.4) is 0 Å². The average Bonchev–Trinajstić information content (AvgIpc) is 2.84. The molecule has 5 nitrogen and oxygen atoms in total. The van der Waals surface area contributed by atoms with E-state index in [1.807, 2.05) is 30.3 Å². The Morgan fingerprint density at radius 3 is 2.81 bits per heavy atom. The van der Waals surface area contributed by atoms with E-state index in [9.17, 15) is 4.79 Å². The van der Waals surface area contributed by atoms with Gasteiger partial charge in [0.05, 0.1) is 12.4 Å². The fraction of sp³-hybridized carbons (Fsp3) is 0.182. The van der Waals surface area contributed by atoms with Gasteiger partial charge in [-0.25, -0.2) is 4.79 Å². The molecule has 82 valence electrons. The highest BCUT2D eigenvalue weighted by atomic mass is 16.2. The Morgan fingerprint density at radius 1 is 1.31 bits per heavy atom. The predicted octanol–water partition coefficient (Wildman–Crippen LogP) is 1.08. The summed E-state index contributed by atoms with van der Waals surface area (Å²) in [7, 11) is 0. The van der Waals surface area contributed by atoms with Crippen molar-refractivity contribution >= 4 is 6.03 Å². The van der Waals surface area contributed by atoms with Gasteiger partial charge in [-0.3, -0.25) is 0 Å². The third kappa shape index (κ3) is 2.66. The highest BCUT2D eigenvalue weighted by Gasteiger charge is 2.02. The van der Waals surface area contributed by atoms with Crippen molar-refractivity contribution in [1.29, 1.82) is 0 Å². The number of carbonyl (C=O) groups excluding carboxylic acids is 1. The summed E-state index contributed by atoms with van der Waals surface area (Å²) in [4.78, 5) is 11.4. The van der Waals surface area contributed by atoms with Gasteiger partial charge in [0.2, 0.25) is 0 Å². The van der Waals surface area contributed by atoms with Crippen molar-refractivity contribution in [2.45, 2.75) is 6.42 Å². The average molecular weight is 216 g/mol. The summed E-state index contributed by atoms with van der Waals surface area (Å²) in [6.07, 6.45) is 3.79. The summed E-state index contributed by atoms with van der Waals surface area (Å²) < 4.78 is 1.17. The van der Waals surface area contributed by atoms with Crippen molar-refractivity contribution in [2.75, 3.05) is 6.54 Å². The normalized spacial score (nSPS) is 10.0. The Hall–Kier alpha value is -2.17. The van der Waals surface area contributed by atoms with Crippen LogP contribution in [0.2, 0.25) is 0 Å². The molecule has 0 atom stereocenters. The molecular formula is C11H12N4O. The van der Waals surface area contributed by atoms with E-state index in [0.717, 1.165) is 6.42 Å². The fourth-order valence-electron chi connectivity index (χ4n) is 1.36. The van der Waals surface area contributed by atoms with Crippen LogP contribution in [0.5, 0.6) is 0 Å². The highest BCUT2D eigenvalue weighted by molar-refractivity contribution is 5.75. The Balaban J connectivity index is 1.79. The molecule has 0 aliphatic carbocycles. The van der Waals surface area contributed by atoms with E-state index in [1.54, 1.807) is 0 Å². The molecule has 0 bridgehead atoms. The summed E-state index contributed by atoms with van der Waals surface area (Å²) in [6, 6.07) is 9.73. The highest BCUT2D eigenvalue weighted by Crippen LogP contribution is 1.98. The minimum Gasteiger partial charge on any atom is -0.336 e. The molecule has 1 heterocycles. The SMILES string of the molecule is O=C(NCCc1ccccc1)n1ccnn1. The van der Waals surface area contributed by atoms with Gasteiger partial charge in [-0.15, -0.1) is 5.10 Å². The van der Waals surface area contributed by atoms with Crippen molar-refractivity contribution in [2.24, 2.45) is 0 Å². The Kier molecular flexibility index (Phi) is 3.28. The molecule has 1 N–H and O–H groups in total. The van der Waals surface area contributed by atoms with Crippen molar-refractivity contribution in [1.82, 2.24) is 20.3 Å². The second kappa shape index (κ2) is 5.06. The van der Waals surface area contributed by atoms with Gasteiger partial charge in [0.15, 0.2) is 0 Å². The Bertz CT molecular complexity index is 438. The van der Waals surface area contributed by atoms with E-state index in [0.29, 0.717) is 6.54 Å². The first kappa shape index (κ1) is 10.4. The van der Waals surface area contributed by atoms with Gasteiger partial charge in [-0.1, -0.05) is 35.5 Å². The van der Waals surface area contributed by atoms with Crippen LogP contribution < -0.4 is 5.32 Å². The van der Waals surface area contributed by atoms with Gasteiger partial charge in [0, 0.05) is 6.54 Å². The Morgan fingerprint density at radius 2 is 2.12 bits per heavy atom. The molecule has 1 aromatic carbocycles. The quantitative estimate of drug-likeness (QED) is 0.835. The van der Waals surface area contributed by atoms with Crippen molar-refractivity contribution in [3.05, 3.63) is 48.3 Å². The monoisotopic (exact) mass is 216 g/mol. The molecule has 1 amide bonds. The lowest BCUT2D eigenvalue weighted by molar-refractivity contribution is 0.239. The molecule has 0 radical (unpaired) electrons. The van der Waals surface area contributed by atoms with E-state index in [1.165, 1.54) is 22.6 Å². The number of hydrogen-bond donors (Lipinski definition) is 1. The lowest BCUT2D eigenvalue weighted by Gasteiger charge is -2.03. The molecule has 2 rings (SSSR count). The van der Waals surface area contributed by atoms with Crippen molar-refractivity contribution in [3.8, 4) is 0 Å². The van der Waals surface area contributed by atoms with Crippen LogP contribution in [0.25, 0.3) is 0 Å². The summed E-state index contributed by atoms with van der Waals surface area (Å²) in [5.41, 5.74) is 1.20. The molecule has 0 unspecified atom stereocenters. The standard InChI is InChI=1S/C11H12N4O/c16-11(15-9-8-13-14-15)12-7-6-10-4-2-1-3-5-10/h1-5,8-9H,6-7H2,(H,12,16). The van der Waals surface area contributed by atoms with Crippen molar-refractivity contribution in [3.63, 3.8) is 0 Å². The molecule has 0 aliphatic heterocycles. The molecule has 0 saturated heterocycles. The smallest absolute Gasteiger partial charge is 0.336 e. The third-order valence-electron chi connectivity index (χ3n) is 2.16. The maximum atomic E-state index is 11.4. The number of nitrogens with one attached hydrogen (secondary N) is 1. The lowest BCUT2D eigenvalue weighted by Crippen LogP contribution is -2.30. The summed E-state index contributed by atoms with van der Waals surface area (Å²) >= 11 is 0. The number of nitrogens with zero attached hydrogens (tertiary/aromatic N) is 3. The molecular weight excluding hydrogens is 204 g/mol. The van der Waals surface area contributed by atoms with Crippen LogP contribution in [0.1, 0.15) is 5.56 Å². The van der Waals surface area contributed by atoms with E-state index in [-0.39, 0.29) is 6.03 Å². The molecule has 5 heteroatoms. The van der Waals surface area contributed by atoms with Crippen LogP contribution in [-0.2, 0) is 6.42 Å². The summed E-state index contributed by atoms with van der Waals surface area (Å²) in [5.74, 6) is 0. The van der Waals surface area contributed by atoms with Crippen LogP contribution in [0, 0.1) is 0 Å². The maximum Gasteiger partial charge on any atom is 0.343 e. The number of aromatic nitrogens is 3. The van der Waals surface area contributed by atoms with Gasteiger partial charge in [0.1, 0.15) is 0 Å². The number of hydrogen-bond acceptors (Lipinski definition) is 3. The van der Waals surface area contributed by atoms with Crippen LogP contribution in [0.15, 0.2) is 42.7 Å². The van der Waals surface area contributed by atoms with Gasteiger partial charge >= 0.3 is 6.03 Å². The first-order valence-electron chi connectivity index (χ1n) is 5.05. The summed E-state index contributed by atoms with van der Waals surface area (Å²) in [6.45, 7) is 0.586.